The lowest BCUT2D eigenvalue weighted by Gasteiger charge is -2.26. The minimum absolute atomic E-state index is 0.233. The third-order valence-corrected chi connectivity index (χ3v) is 4.68. The van der Waals surface area contributed by atoms with Crippen molar-refractivity contribution in [1.29, 1.82) is 0 Å². The number of aromatic nitrogens is 4. The smallest absolute Gasteiger partial charge is 0.323 e. The molecule has 0 amide bonds. The molecule has 166 valence electrons. The predicted octanol–water partition coefficient (Wildman–Crippen LogP) is 2.18. The number of pyridine rings is 1. The maximum absolute atomic E-state index is 5.81. The molecule has 3 aromatic rings. The number of benzene rings is 1. The standard InChI is InChI=1S/C22H25N7O3/c1-30-19-7-4-5-17(15-19)16-24-28-20-25-21(29-10-13-31-14-11-29)27-22(26-20)32-12-8-18-6-2-3-9-23-18/h2-7,9,15-16H,8,10-14H2,1H3,(H,25,26,27,28)/b24-16+. The van der Waals surface area contributed by atoms with E-state index in [1.54, 1.807) is 19.5 Å². The van der Waals surface area contributed by atoms with E-state index in [4.69, 9.17) is 14.2 Å². The molecule has 2 aromatic heterocycles. The Labute approximate surface area is 186 Å². The number of morpholine rings is 1. The van der Waals surface area contributed by atoms with E-state index < -0.39 is 0 Å². The minimum atomic E-state index is 0.233. The number of anilines is 2. The molecule has 1 N–H and O–H groups in total. The van der Waals surface area contributed by atoms with Crippen LogP contribution in [0.3, 0.4) is 0 Å². The first-order chi connectivity index (χ1) is 15.8. The van der Waals surface area contributed by atoms with Gasteiger partial charge in [-0.15, -0.1) is 0 Å². The molecule has 1 aliphatic heterocycles. The molecule has 0 unspecified atom stereocenters. The second kappa shape index (κ2) is 11.0. The Morgan fingerprint density at radius 2 is 2.03 bits per heavy atom. The lowest BCUT2D eigenvalue weighted by atomic mass is 10.2. The monoisotopic (exact) mass is 435 g/mol. The summed E-state index contributed by atoms with van der Waals surface area (Å²) in [6.07, 6.45) is 4.08. The number of rotatable bonds is 9. The average Bonchev–Trinajstić information content (AvgIpc) is 2.85. The third kappa shape index (κ3) is 6.11. The Morgan fingerprint density at radius 3 is 2.84 bits per heavy atom. The van der Waals surface area contributed by atoms with Crippen LogP contribution in [0.5, 0.6) is 11.8 Å². The van der Waals surface area contributed by atoms with Crippen LogP contribution in [0.4, 0.5) is 11.9 Å². The predicted molar refractivity (Wildman–Crippen MR) is 121 cm³/mol. The van der Waals surface area contributed by atoms with Gasteiger partial charge in [-0.3, -0.25) is 4.98 Å². The fourth-order valence-corrected chi connectivity index (χ4v) is 3.04. The van der Waals surface area contributed by atoms with E-state index in [9.17, 15) is 0 Å². The van der Waals surface area contributed by atoms with Gasteiger partial charge in [0, 0.05) is 31.4 Å². The van der Waals surface area contributed by atoms with Crippen LogP contribution < -0.4 is 19.8 Å². The van der Waals surface area contributed by atoms with Crippen molar-refractivity contribution >= 4 is 18.1 Å². The van der Waals surface area contributed by atoms with Gasteiger partial charge in [-0.05, 0) is 29.8 Å². The number of ether oxygens (including phenoxy) is 3. The number of nitrogens with zero attached hydrogens (tertiary/aromatic N) is 6. The molecule has 0 aliphatic carbocycles. The van der Waals surface area contributed by atoms with Gasteiger partial charge in [0.15, 0.2) is 0 Å². The summed E-state index contributed by atoms with van der Waals surface area (Å²) in [6, 6.07) is 13.6. The first kappa shape index (κ1) is 21.4. The summed E-state index contributed by atoms with van der Waals surface area (Å²) in [5, 5.41) is 4.25. The lowest BCUT2D eigenvalue weighted by Crippen LogP contribution is -2.37. The van der Waals surface area contributed by atoms with Gasteiger partial charge in [-0.2, -0.15) is 20.1 Å². The van der Waals surface area contributed by atoms with Crippen molar-refractivity contribution in [3.8, 4) is 11.8 Å². The zero-order chi connectivity index (χ0) is 22.0. The molecule has 0 bridgehead atoms. The maximum Gasteiger partial charge on any atom is 0.323 e. The Kier molecular flexibility index (Phi) is 7.38. The van der Waals surface area contributed by atoms with Crippen molar-refractivity contribution in [2.75, 3.05) is 50.3 Å². The SMILES string of the molecule is COc1cccc(/C=N/Nc2nc(OCCc3ccccn3)nc(N3CCOCC3)n2)c1. The molecule has 0 saturated carbocycles. The second-order valence-electron chi connectivity index (χ2n) is 6.91. The first-order valence-corrected chi connectivity index (χ1v) is 10.3. The summed E-state index contributed by atoms with van der Waals surface area (Å²) >= 11 is 0. The van der Waals surface area contributed by atoms with Gasteiger partial charge in [0.1, 0.15) is 5.75 Å². The van der Waals surface area contributed by atoms with Crippen LogP contribution in [-0.4, -0.2) is 66.2 Å². The second-order valence-corrected chi connectivity index (χ2v) is 6.91. The molecule has 10 nitrogen and oxygen atoms in total. The Hall–Kier alpha value is -3.79. The van der Waals surface area contributed by atoms with E-state index in [1.165, 1.54) is 0 Å². The van der Waals surface area contributed by atoms with Crippen LogP contribution >= 0.6 is 0 Å². The summed E-state index contributed by atoms with van der Waals surface area (Å²) in [5.41, 5.74) is 4.70. The van der Waals surface area contributed by atoms with E-state index in [0.717, 1.165) is 17.0 Å². The summed E-state index contributed by atoms with van der Waals surface area (Å²) in [4.78, 5) is 19.7. The Bertz CT molecular complexity index is 1030. The topological polar surface area (TPSA) is 107 Å². The fraction of sp³-hybridized carbons (Fsp3) is 0.318. The van der Waals surface area contributed by atoms with Crippen LogP contribution in [0.2, 0.25) is 0 Å². The van der Waals surface area contributed by atoms with E-state index in [-0.39, 0.29) is 6.01 Å². The number of nitrogens with one attached hydrogen (secondary N) is 1. The highest BCUT2D eigenvalue weighted by Gasteiger charge is 2.17. The zero-order valence-electron chi connectivity index (χ0n) is 17.8. The number of hydrogen-bond acceptors (Lipinski definition) is 10. The van der Waals surface area contributed by atoms with E-state index in [1.807, 2.05) is 47.4 Å². The van der Waals surface area contributed by atoms with E-state index in [0.29, 0.717) is 51.2 Å². The van der Waals surface area contributed by atoms with Gasteiger partial charge < -0.3 is 19.1 Å². The lowest BCUT2D eigenvalue weighted by molar-refractivity contribution is 0.122. The first-order valence-electron chi connectivity index (χ1n) is 10.3. The number of hydrogen-bond donors (Lipinski definition) is 1. The van der Waals surface area contributed by atoms with Crippen molar-refractivity contribution in [3.63, 3.8) is 0 Å². The molecular formula is C22H25N7O3. The molecule has 0 spiro atoms. The molecule has 0 atom stereocenters. The van der Waals surface area contributed by atoms with Gasteiger partial charge in [0.2, 0.25) is 5.95 Å². The zero-order valence-corrected chi connectivity index (χ0v) is 17.8. The molecular weight excluding hydrogens is 410 g/mol. The van der Waals surface area contributed by atoms with Crippen LogP contribution in [0.15, 0.2) is 53.8 Å². The van der Waals surface area contributed by atoms with Crippen molar-refractivity contribution < 1.29 is 14.2 Å². The van der Waals surface area contributed by atoms with Gasteiger partial charge in [0.25, 0.3) is 5.95 Å². The quantitative estimate of drug-likeness (QED) is 0.400. The van der Waals surface area contributed by atoms with E-state index >= 15 is 0 Å². The maximum atomic E-state index is 5.81. The number of hydrazone groups is 1. The van der Waals surface area contributed by atoms with Crippen molar-refractivity contribution in [1.82, 2.24) is 19.9 Å². The van der Waals surface area contributed by atoms with Crippen LogP contribution in [0, 0.1) is 0 Å². The van der Waals surface area contributed by atoms with E-state index in [2.05, 4.69) is 30.5 Å². The normalized spacial score (nSPS) is 13.8. The van der Waals surface area contributed by atoms with Crippen LogP contribution in [0.1, 0.15) is 11.3 Å². The van der Waals surface area contributed by atoms with Crippen molar-refractivity contribution in [3.05, 3.63) is 59.9 Å². The highest BCUT2D eigenvalue weighted by molar-refractivity contribution is 5.80. The molecule has 10 heteroatoms. The summed E-state index contributed by atoms with van der Waals surface area (Å²) in [6.45, 7) is 3.04. The van der Waals surface area contributed by atoms with Crippen LogP contribution in [0.25, 0.3) is 0 Å². The Morgan fingerprint density at radius 1 is 1.12 bits per heavy atom. The molecule has 3 heterocycles. The Balaban J connectivity index is 1.46. The highest BCUT2D eigenvalue weighted by atomic mass is 16.5. The number of methoxy groups -OCH3 is 1. The summed E-state index contributed by atoms with van der Waals surface area (Å²) < 4.78 is 16.5. The molecule has 1 fully saturated rings. The van der Waals surface area contributed by atoms with Crippen molar-refractivity contribution in [2.24, 2.45) is 5.10 Å². The fourth-order valence-electron chi connectivity index (χ4n) is 3.04. The summed E-state index contributed by atoms with van der Waals surface area (Å²) in [7, 11) is 1.63. The van der Waals surface area contributed by atoms with Gasteiger partial charge in [-0.25, -0.2) is 5.43 Å². The highest BCUT2D eigenvalue weighted by Crippen LogP contribution is 2.17. The van der Waals surface area contributed by atoms with Gasteiger partial charge in [0.05, 0.1) is 33.1 Å². The molecule has 32 heavy (non-hydrogen) atoms. The van der Waals surface area contributed by atoms with Crippen LogP contribution in [-0.2, 0) is 11.2 Å². The van der Waals surface area contributed by atoms with Crippen molar-refractivity contribution in [2.45, 2.75) is 6.42 Å². The minimum Gasteiger partial charge on any atom is -0.497 e. The summed E-state index contributed by atoms with van der Waals surface area (Å²) in [5.74, 6) is 1.58. The molecule has 4 rings (SSSR count). The molecule has 1 aromatic carbocycles. The molecule has 1 saturated heterocycles. The third-order valence-electron chi connectivity index (χ3n) is 4.68. The average molecular weight is 435 g/mol. The molecule has 1 aliphatic rings. The molecule has 0 radical (unpaired) electrons. The van der Waals surface area contributed by atoms with Gasteiger partial charge in [-0.1, -0.05) is 18.2 Å². The largest absolute Gasteiger partial charge is 0.497 e. The van der Waals surface area contributed by atoms with Gasteiger partial charge >= 0.3 is 6.01 Å².